The molecule has 0 heterocycles. The Morgan fingerprint density at radius 3 is 2.40 bits per heavy atom. The summed E-state index contributed by atoms with van der Waals surface area (Å²) in [4.78, 5) is 21.7. The zero-order valence-corrected chi connectivity index (χ0v) is 11.0. The zero-order valence-electron chi connectivity index (χ0n) is 11.0. The van der Waals surface area contributed by atoms with Gasteiger partial charge in [-0.15, -0.1) is 0 Å². The highest BCUT2D eigenvalue weighted by Gasteiger charge is 2.12. The summed E-state index contributed by atoms with van der Waals surface area (Å²) in [6, 6.07) is 6.74. The van der Waals surface area contributed by atoms with Crippen molar-refractivity contribution in [2.75, 3.05) is 20.3 Å². The summed E-state index contributed by atoms with van der Waals surface area (Å²) in [7, 11) is 1.55. The van der Waals surface area contributed by atoms with Gasteiger partial charge in [0.2, 0.25) is 0 Å². The summed E-state index contributed by atoms with van der Waals surface area (Å²) in [6.45, 7) is -0.117. The van der Waals surface area contributed by atoms with Crippen molar-refractivity contribution >= 4 is 11.9 Å². The third-order valence-electron chi connectivity index (χ3n) is 2.45. The van der Waals surface area contributed by atoms with Crippen LogP contribution in [0, 0.1) is 0 Å². The molecule has 1 rings (SSSR count). The van der Waals surface area contributed by atoms with E-state index in [2.05, 4.69) is 5.32 Å². The number of benzene rings is 1. The molecule has 1 unspecified atom stereocenters. The minimum atomic E-state index is -1.47. The third kappa shape index (κ3) is 5.57. The highest BCUT2D eigenvalue weighted by molar-refractivity contribution is 5.77. The number of carboxylic acids is 1. The molecule has 1 aromatic carbocycles. The normalized spacial score (nSPS) is 11.5. The van der Waals surface area contributed by atoms with Crippen molar-refractivity contribution in [1.82, 2.24) is 5.32 Å². The number of hydrogen-bond acceptors (Lipinski definition) is 5. The SMILES string of the molecule is COc1ccc(OCC(=O)NCCC(O)C(=O)O)cc1. The molecule has 0 aliphatic carbocycles. The van der Waals surface area contributed by atoms with Crippen LogP contribution < -0.4 is 14.8 Å². The molecule has 1 atom stereocenters. The molecule has 110 valence electrons. The second-order valence-electron chi connectivity index (χ2n) is 3.96. The molecule has 0 saturated heterocycles. The summed E-state index contributed by atoms with van der Waals surface area (Å²) < 4.78 is 10.2. The molecule has 7 heteroatoms. The molecule has 0 aliphatic heterocycles. The molecule has 7 nitrogen and oxygen atoms in total. The van der Waals surface area contributed by atoms with Crippen molar-refractivity contribution < 1.29 is 29.3 Å². The van der Waals surface area contributed by atoms with Crippen LogP contribution in [0.25, 0.3) is 0 Å². The van der Waals surface area contributed by atoms with Crippen molar-refractivity contribution in [3.63, 3.8) is 0 Å². The summed E-state index contributed by atoms with van der Waals surface area (Å²) in [6.07, 6.45) is -1.53. The van der Waals surface area contributed by atoms with Gasteiger partial charge in [-0.2, -0.15) is 0 Å². The maximum Gasteiger partial charge on any atom is 0.332 e. The first-order valence-corrected chi connectivity index (χ1v) is 5.97. The first kappa shape index (κ1) is 15.8. The fourth-order valence-corrected chi connectivity index (χ4v) is 1.34. The fraction of sp³-hybridized carbons (Fsp3) is 0.385. The van der Waals surface area contributed by atoms with Crippen molar-refractivity contribution in [3.8, 4) is 11.5 Å². The van der Waals surface area contributed by atoms with Crippen molar-refractivity contribution in [2.24, 2.45) is 0 Å². The Balaban J connectivity index is 2.23. The second kappa shape index (κ2) is 8.00. The van der Waals surface area contributed by atoms with Gasteiger partial charge in [0.1, 0.15) is 11.5 Å². The number of methoxy groups -OCH3 is 1. The van der Waals surface area contributed by atoms with Gasteiger partial charge in [0.05, 0.1) is 7.11 Å². The lowest BCUT2D eigenvalue weighted by atomic mass is 10.2. The van der Waals surface area contributed by atoms with E-state index in [1.807, 2.05) is 0 Å². The minimum absolute atomic E-state index is 0.0520. The smallest absolute Gasteiger partial charge is 0.332 e. The molecule has 0 aliphatic rings. The van der Waals surface area contributed by atoms with Gasteiger partial charge < -0.3 is 25.0 Å². The molecule has 0 saturated carbocycles. The monoisotopic (exact) mass is 283 g/mol. The van der Waals surface area contributed by atoms with E-state index in [1.54, 1.807) is 31.4 Å². The molecule has 0 spiro atoms. The molecule has 20 heavy (non-hydrogen) atoms. The number of ether oxygens (including phenoxy) is 2. The average molecular weight is 283 g/mol. The average Bonchev–Trinajstić information content (AvgIpc) is 2.45. The minimum Gasteiger partial charge on any atom is -0.497 e. The van der Waals surface area contributed by atoms with Gasteiger partial charge in [0.25, 0.3) is 5.91 Å². The molecule has 0 aromatic heterocycles. The van der Waals surface area contributed by atoms with Crippen LogP contribution in [0.4, 0.5) is 0 Å². The van der Waals surface area contributed by atoms with Gasteiger partial charge in [-0.25, -0.2) is 4.79 Å². The van der Waals surface area contributed by atoms with Crippen LogP contribution in [0.2, 0.25) is 0 Å². The van der Waals surface area contributed by atoms with E-state index in [0.29, 0.717) is 11.5 Å². The van der Waals surface area contributed by atoms with Crippen molar-refractivity contribution in [3.05, 3.63) is 24.3 Å². The van der Waals surface area contributed by atoms with Crippen LogP contribution in [0.5, 0.6) is 11.5 Å². The molecule has 1 aromatic rings. The molecule has 3 N–H and O–H groups in total. The lowest BCUT2D eigenvalue weighted by molar-refractivity contribution is -0.147. The van der Waals surface area contributed by atoms with Crippen LogP contribution in [-0.4, -0.2) is 48.5 Å². The Morgan fingerprint density at radius 1 is 1.25 bits per heavy atom. The first-order valence-electron chi connectivity index (χ1n) is 5.97. The molecule has 0 radical (unpaired) electrons. The molecule has 0 fully saturated rings. The maximum atomic E-state index is 11.4. The van der Waals surface area contributed by atoms with Crippen LogP contribution in [0.15, 0.2) is 24.3 Å². The highest BCUT2D eigenvalue weighted by atomic mass is 16.5. The van der Waals surface area contributed by atoms with E-state index in [0.717, 1.165) is 0 Å². The number of aliphatic carboxylic acids is 1. The Labute approximate surface area is 116 Å². The third-order valence-corrected chi connectivity index (χ3v) is 2.45. The van der Waals surface area contributed by atoms with Gasteiger partial charge in [-0.3, -0.25) is 4.79 Å². The zero-order chi connectivity index (χ0) is 15.0. The number of aliphatic hydroxyl groups excluding tert-OH is 1. The van der Waals surface area contributed by atoms with Gasteiger partial charge in [-0.1, -0.05) is 0 Å². The Bertz CT molecular complexity index is 445. The molecule has 1 amide bonds. The summed E-state index contributed by atoms with van der Waals surface area (Å²) in [5, 5.41) is 19.9. The number of carboxylic acid groups (broad SMARTS) is 1. The summed E-state index contributed by atoms with van der Waals surface area (Å²) in [5.74, 6) is -0.497. The number of carbonyl (C=O) groups excluding carboxylic acids is 1. The van der Waals surface area contributed by atoms with Crippen LogP contribution in [0.1, 0.15) is 6.42 Å². The number of carbonyl (C=O) groups is 2. The number of amides is 1. The second-order valence-corrected chi connectivity index (χ2v) is 3.96. The van der Waals surface area contributed by atoms with Crippen molar-refractivity contribution in [1.29, 1.82) is 0 Å². The Kier molecular flexibility index (Phi) is 6.31. The van der Waals surface area contributed by atoms with E-state index in [1.165, 1.54) is 0 Å². The lowest BCUT2D eigenvalue weighted by Crippen LogP contribution is -2.33. The lowest BCUT2D eigenvalue weighted by Gasteiger charge is -2.09. The summed E-state index contributed by atoms with van der Waals surface area (Å²) >= 11 is 0. The van der Waals surface area contributed by atoms with Crippen molar-refractivity contribution in [2.45, 2.75) is 12.5 Å². The predicted octanol–water partition coefficient (Wildman–Crippen LogP) is 0.0258. The van der Waals surface area contributed by atoms with E-state index in [4.69, 9.17) is 19.7 Å². The van der Waals surface area contributed by atoms with Crippen LogP contribution >= 0.6 is 0 Å². The van der Waals surface area contributed by atoms with E-state index in [-0.39, 0.29) is 19.6 Å². The van der Waals surface area contributed by atoms with Gasteiger partial charge in [0, 0.05) is 13.0 Å². The van der Waals surface area contributed by atoms with E-state index >= 15 is 0 Å². The van der Waals surface area contributed by atoms with Gasteiger partial charge >= 0.3 is 5.97 Å². The highest BCUT2D eigenvalue weighted by Crippen LogP contribution is 2.16. The molecular formula is C13H17NO6. The maximum absolute atomic E-state index is 11.4. The van der Waals surface area contributed by atoms with Crippen LogP contribution in [0.3, 0.4) is 0 Å². The number of nitrogens with one attached hydrogen (secondary N) is 1. The predicted molar refractivity (Wildman–Crippen MR) is 69.8 cm³/mol. The van der Waals surface area contributed by atoms with Gasteiger partial charge in [-0.05, 0) is 24.3 Å². The summed E-state index contributed by atoms with van der Waals surface area (Å²) in [5.41, 5.74) is 0. The van der Waals surface area contributed by atoms with E-state index in [9.17, 15) is 9.59 Å². The molecule has 0 bridgehead atoms. The number of hydrogen-bond donors (Lipinski definition) is 3. The Morgan fingerprint density at radius 2 is 1.85 bits per heavy atom. The standard InChI is InChI=1S/C13H17NO6/c1-19-9-2-4-10(5-3-9)20-8-12(16)14-7-6-11(15)13(17)18/h2-5,11,15H,6-8H2,1H3,(H,14,16)(H,17,18). The number of aliphatic hydroxyl groups is 1. The Hall–Kier alpha value is -2.28. The van der Waals surface area contributed by atoms with Crippen LogP contribution in [-0.2, 0) is 9.59 Å². The fourth-order valence-electron chi connectivity index (χ4n) is 1.34. The first-order chi connectivity index (χ1) is 9.52. The van der Waals surface area contributed by atoms with E-state index < -0.39 is 18.0 Å². The molecular weight excluding hydrogens is 266 g/mol. The topological polar surface area (TPSA) is 105 Å². The van der Waals surface area contributed by atoms with Gasteiger partial charge in [0.15, 0.2) is 12.7 Å². The number of rotatable bonds is 8. The quantitative estimate of drug-likeness (QED) is 0.621. The largest absolute Gasteiger partial charge is 0.497 e.